The number of benzene rings is 1. The van der Waals surface area contributed by atoms with Crippen LogP contribution in [0.5, 0.6) is 0 Å². The highest BCUT2D eigenvalue weighted by Crippen LogP contribution is 2.39. The Kier molecular flexibility index (Phi) is 3.58. The molecule has 3 nitrogen and oxygen atoms in total. The maximum atomic E-state index is 14.2. The Bertz CT molecular complexity index is 746. The van der Waals surface area contributed by atoms with Crippen LogP contribution in [0.15, 0.2) is 24.3 Å². The predicted octanol–water partition coefficient (Wildman–Crippen LogP) is 3.01. The quantitative estimate of drug-likeness (QED) is 0.844. The number of nitriles is 1. The van der Waals surface area contributed by atoms with Gasteiger partial charge in [0.1, 0.15) is 5.82 Å². The van der Waals surface area contributed by atoms with Crippen molar-refractivity contribution in [3.8, 4) is 6.07 Å². The molecule has 0 saturated carbocycles. The number of halogens is 1. The van der Waals surface area contributed by atoms with Gasteiger partial charge in [-0.3, -0.25) is 0 Å². The number of rotatable bonds is 2. The van der Waals surface area contributed by atoms with Crippen LogP contribution in [0.3, 0.4) is 0 Å². The number of hydrogen-bond donors (Lipinski definition) is 0. The lowest BCUT2D eigenvalue weighted by atomic mass is 9.92. The predicted molar refractivity (Wildman–Crippen MR) is 78.7 cm³/mol. The van der Waals surface area contributed by atoms with E-state index in [2.05, 4.69) is 0 Å². The minimum Gasteiger partial charge on any atom is -0.228 e. The fourth-order valence-corrected chi connectivity index (χ4v) is 5.53. The minimum absolute atomic E-state index is 0.176. The molecule has 0 amide bonds. The van der Waals surface area contributed by atoms with Crippen molar-refractivity contribution >= 4 is 15.4 Å². The lowest BCUT2D eigenvalue weighted by molar-refractivity contribution is 0.517. The summed E-state index contributed by atoms with van der Waals surface area (Å²) < 4.78 is 38.7. The number of fused-ring (bicyclic) bond motifs is 2. The maximum absolute atomic E-state index is 14.2. The van der Waals surface area contributed by atoms with Gasteiger partial charge in [0.15, 0.2) is 9.84 Å². The van der Waals surface area contributed by atoms with Gasteiger partial charge in [-0.15, -0.1) is 0 Å². The van der Waals surface area contributed by atoms with Crippen LogP contribution in [0.25, 0.3) is 5.57 Å². The Morgan fingerprint density at radius 3 is 2.81 bits per heavy atom. The topological polar surface area (TPSA) is 57.9 Å². The van der Waals surface area contributed by atoms with Crippen molar-refractivity contribution in [2.75, 3.05) is 0 Å². The van der Waals surface area contributed by atoms with E-state index in [1.54, 1.807) is 18.2 Å². The van der Waals surface area contributed by atoms with Crippen LogP contribution in [0.2, 0.25) is 0 Å². The number of sulfone groups is 1. The second-order valence-electron chi connectivity index (χ2n) is 5.73. The zero-order valence-corrected chi connectivity index (χ0v) is 12.4. The molecule has 110 valence electrons. The molecule has 2 heterocycles. The molecule has 0 spiro atoms. The first kappa shape index (κ1) is 14.3. The van der Waals surface area contributed by atoms with Crippen LogP contribution in [-0.2, 0) is 16.3 Å². The van der Waals surface area contributed by atoms with Crippen molar-refractivity contribution in [1.29, 1.82) is 5.26 Å². The Labute approximate surface area is 124 Å². The molecule has 2 atom stereocenters. The second kappa shape index (κ2) is 5.27. The number of hydrogen-bond acceptors (Lipinski definition) is 3. The van der Waals surface area contributed by atoms with Gasteiger partial charge in [-0.1, -0.05) is 24.6 Å². The molecule has 2 aliphatic heterocycles. The molecule has 5 heteroatoms. The molecule has 1 aromatic rings. The van der Waals surface area contributed by atoms with E-state index in [4.69, 9.17) is 5.26 Å². The Morgan fingerprint density at radius 2 is 2.14 bits per heavy atom. The lowest BCUT2D eigenvalue weighted by Crippen LogP contribution is -2.38. The molecule has 2 aliphatic rings. The van der Waals surface area contributed by atoms with E-state index in [1.165, 1.54) is 6.07 Å². The molecule has 0 aromatic heterocycles. The third-order valence-corrected chi connectivity index (χ3v) is 6.95. The summed E-state index contributed by atoms with van der Waals surface area (Å²) in [5.74, 6) is -0.369. The zero-order valence-electron chi connectivity index (χ0n) is 11.5. The average Bonchev–Trinajstić information content (AvgIpc) is 2.38. The van der Waals surface area contributed by atoms with Crippen molar-refractivity contribution in [2.45, 2.75) is 42.6 Å². The highest BCUT2D eigenvalue weighted by molar-refractivity contribution is 7.93. The summed E-state index contributed by atoms with van der Waals surface area (Å²) in [6.07, 6.45) is 4.53. The summed E-state index contributed by atoms with van der Waals surface area (Å²) in [5.41, 5.74) is 1.91. The Morgan fingerprint density at radius 1 is 1.33 bits per heavy atom. The van der Waals surface area contributed by atoms with Gasteiger partial charge in [-0.25, -0.2) is 12.8 Å². The van der Waals surface area contributed by atoms with Gasteiger partial charge in [0.2, 0.25) is 0 Å². The third kappa shape index (κ3) is 2.49. The first-order valence-electron chi connectivity index (χ1n) is 7.11. The van der Waals surface area contributed by atoms with Gasteiger partial charge in [0.25, 0.3) is 0 Å². The van der Waals surface area contributed by atoms with E-state index in [-0.39, 0.29) is 17.5 Å². The highest BCUT2D eigenvalue weighted by atomic mass is 32.2. The molecule has 0 radical (unpaired) electrons. The first-order chi connectivity index (χ1) is 10.0. The SMILES string of the molecule is N#CCc1ccc(C2=CC3CCCC(C2)S3(=O)=O)c(F)c1. The summed E-state index contributed by atoms with van der Waals surface area (Å²) in [6, 6.07) is 6.77. The van der Waals surface area contributed by atoms with Gasteiger partial charge in [-0.2, -0.15) is 5.26 Å². The molecule has 0 N–H and O–H groups in total. The van der Waals surface area contributed by atoms with Gasteiger partial charge >= 0.3 is 0 Å². The minimum atomic E-state index is -3.08. The van der Waals surface area contributed by atoms with Crippen molar-refractivity contribution in [3.05, 3.63) is 41.2 Å². The van der Waals surface area contributed by atoms with E-state index in [9.17, 15) is 12.8 Å². The molecule has 1 fully saturated rings. The third-order valence-electron chi connectivity index (χ3n) is 4.40. The molecule has 2 bridgehead atoms. The zero-order chi connectivity index (χ0) is 15.0. The Balaban J connectivity index is 1.99. The van der Waals surface area contributed by atoms with E-state index in [0.29, 0.717) is 30.4 Å². The van der Waals surface area contributed by atoms with Gasteiger partial charge in [-0.05, 0) is 36.5 Å². The molecule has 2 unspecified atom stereocenters. The van der Waals surface area contributed by atoms with Crippen LogP contribution >= 0.6 is 0 Å². The lowest BCUT2D eigenvalue weighted by Gasteiger charge is -2.33. The van der Waals surface area contributed by atoms with E-state index >= 15 is 0 Å². The second-order valence-corrected chi connectivity index (χ2v) is 8.18. The van der Waals surface area contributed by atoms with Crippen LogP contribution in [-0.4, -0.2) is 18.9 Å². The normalized spacial score (nSPS) is 26.8. The molecule has 0 aliphatic carbocycles. The molecule has 1 saturated heterocycles. The number of nitrogens with zero attached hydrogens (tertiary/aromatic N) is 1. The summed E-state index contributed by atoms with van der Waals surface area (Å²) in [5, 5.41) is 7.82. The van der Waals surface area contributed by atoms with Crippen LogP contribution in [0.4, 0.5) is 4.39 Å². The summed E-state index contributed by atoms with van der Waals surface area (Å²) in [4.78, 5) is 0. The largest absolute Gasteiger partial charge is 0.228 e. The Hall–Kier alpha value is -1.67. The van der Waals surface area contributed by atoms with Gasteiger partial charge in [0, 0.05) is 5.56 Å². The summed E-state index contributed by atoms with van der Waals surface area (Å²) >= 11 is 0. The van der Waals surface area contributed by atoms with Crippen LogP contribution < -0.4 is 0 Å². The van der Waals surface area contributed by atoms with Crippen molar-refractivity contribution in [3.63, 3.8) is 0 Å². The van der Waals surface area contributed by atoms with E-state index in [0.717, 1.165) is 12.0 Å². The fraction of sp³-hybridized carbons (Fsp3) is 0.438. The van der Waals surface area contributed by atoms with Gasteiger partial charge < -0.3 is 0 Å². The highest BCUT2D eigenvalue weighted by Gasteiger charge is 2.40. The first-order valence-corrected chi connectivity index (χ1v) is 8.72. The molecule has 3 rings (SSSR count). The molecule has 21 heavy (non-hydrogen) atoms. The number of allylic oxidation sites excluding steroid dienone is 1. The molecular formula is C16H16FNO2S. The molecular weight excluding hydrogens is 289 g/mol. The summed E-state index contributed by atoms with van der Waals surface area (Å²) in [7, 11) is -3.08. The van der Waals surface area contributed by atoms with E-state index < -0.39 is 15.1 Å². The van der Waals surface area contributed by atoms with Crippen LogP contribution in [0, 0.1) is 17.1 Å². The summed E-state index contributed by atoms with van der Waals surface area (Å²) in [6.45, 7) is 0. The molecule has 1 aromatic carbocycles. The van der Waals surface area contributed by atoms with Crippen molar-refractivity contribution < 1.29 is 12.8 Å². The monoisotopic (exact) mass is 305 g/mol. The average molecular weight is 305 g/mol. The van der Waals surface area contributed by atoms with Crippen LogP contribution in [0.1, 0.15) is 36.8 Å². The van der Waals surface area contributed by atoms with Gasteiger partial charge in [0.05, 0.1) is 23.0 Å². The maximum Gasteiger partial charge on any atom is 0.159 e. The van der Waals surface area contributed by atoms with E-state index in [1.807, 2.05) is 6.07 Å². The fourth-order valence-electron chi connectivity index (χ4n) is 3.28. The smallest absolute Gasteiger partial charge is 0.159 e. The van der Waals surface area contributed by atoms with Crippen molar-refractivity contribution in [1.82, 2.24) is 0 Å². The van der Waals surface area contributed by atoms with Crippen molar-refractivity contribution in [2.24, 2.45) is 0 Å². The standard InChI is InChI=1S/C16H16FNO2S/c17-16-8-11(6-7-18)4-5-15(16)12-9-13-2-1-3-14(10-12)21(13,19)20/h4-5,8-9,13-14H,1-3,6,10H2.